The number of amides is 1. The van der Waals surface area contributed by atoms with Crippen molar-refractivity contribution < 1.29 is 22.7 Å². The average molecular weight is 497 g/mol. The van der Waals surface area contributed by atoms with Crippen LogP contribution in [-0.2, 0) is 31.0 Å². The maximum Gasteiger partial charge on any atom is 0.311 e. The predicted molar refractivity (Wildman–Crippen MR) is 131 cm³/mol. The highest BCUT2D eigenvalue weighted by Crippen LogP contribution is 2.28. The van der Waals surface area contributed by atoms with Gasteiger partial charge in [0.25, 0.3) is 0 Å². The van der Waals surface area contributed by atoms with Crippen LogP contribution in [0.3, 0.4) is 0 Å². The maximum absolute atomic E-state index is 12.7. The van der Waals surface area contributed by atoms with E-state index in [0.29, 0.717) is 30.2 Å². The van der Waals surface area contributed by atoms with Crippen LogP contribution in [0, 0.1) is 12.8 Å². The van der Waals surface area contributed by atoms with Crippen molar-refractivity contribution in [1.82, 2.24) is 14.3 Å². The second kappa shape index (κ2) is 10.1. The molecule has 1 aliphatic heterocycles. The number of para-hydroxylation sites is 2. The molecule has 1 fully saturated rings. The molecule has 0 radical (unpaired) electrons. The van der Waals surface area contributed by atoms with Gasteiger partial charge in [0.2, 0.25) is 15.9 Å². The Kier molecular flexibility index (Phi) is 7.13. The topological polar surface area (TPSA) is 110 Å². The van der Waals surface area contributed by atoms with Gasteiger partial charge in [0.15, 0.2) is 0 Å². The van der Waals surface area contributed by atoms with Crippen molar-refractivity contribution in [2.45, 2.75) is 38.7 Å². The lowest BCUT2D eigenvalue weighted by Crippen LogP contribution is -2.30. The molecule has 3 aromatic rings. The lowest BCUT2D eigenvalue weighted by molar-refractivity contribution is -0.149. The fourth-order valence-electron chi connectivity index (χ4n) is 4.14. The van der Waals surface area contributed by atoms with E-state index in [0.717, 1.165) is 11.0 Å². The normalized spacial score (nSPS) is 16.3. The number of aromatic nitrogens is 2. The molecule has 0 saturated carbocycles. The van der Waals surface area contributed by atoms with Gasteiger partial charge in [-0.2, -0.15) is 4.31 Å². The van der Waals surface area contributed by atoms with Gasteiger partial charge in [-0.15, -0.1) is 0 Å². The van der Waals surface area contributed by atoms with Crippen molar-refractivity contribution in [3.63, 3.8) is 0 Å². The molecule has 1 aliphatic rings. The van der Waals surface area contributed by atoms with Gasteiger partial charge < -0.3 is 9.64 Å². The van der Waals surface area contributed by atoms with Gasteiger partial charge in [-0.05, 0) is 43.3 Å². The van der Waals surface area contributed by atoms with Crippen LogP contribution in [0.5, 0.6) is 0 Å². The first kappa shape index (κ1) is 24.7. The fourth-order valence-corrected chi connectivity index (χ4v) is 5.60. The van der Waals surface area contributed by atoms with Gasteiger partial charge in [0.1, 0.15) is 6.61 Å². The molecular formula is C25H28N4O5S. The lowest BCUT2D eigenvalue weighted by atomic mass is 10.1. The summed E-state index contributed by atoms with van der Waals surface area (Å²) >= 11 is 0. The third-order valence-electron chi connectivity index (χ3n) is 6.14. The molecule has 0 N–H and O–H groups in total. The quantitative estimate of drug-likeness (QED) is 0.441. The van der Waals surface area contributed by atoms with Crippen LogP contribution in [0.25, 0.3) is 11.0 Å². The Balaban J connectivity index is 1.41. The highest BCUT2D eigenvalue weighted by Gasteiger charge is 2.36. The summed E-state index contributed by atoms with van der Waals surface area (Å²) in [7, 11) is -3.59. The molecule has 0 bridgehead atoms. The molecule has 1 atom stereocenters. The molecule has 184 valence electrons. The Hall–Kier alpha value is -3.37. The third-order valence-corrected chi connectivity index (χ3v) is 8.21. The average Bonchev–Trinajstić information content (AvgIpc) is 3.25. The summed E-state index contributed by atoms with van der Waals surface area (Å²) in [6, 6.07) is 13.6. The number of nitrogens with zero attached hydrogens (tertiary/aromatic N) is 4. The first-order valence-corrected chi connectivity index (χ1v) is 13.0. The van der Waals surface area contributed by atoms with Crippen LogP contribution in [0.4, 0.5) is 5.69 Å². The summed E-state index contributed by atoms with van der Waals surface area (Å²) in [6.45, 7) is 6.27. The van der Waals surface area contributed by atoms with E-state index in [-0.39, 0.29) is 30.4 Å². The lowest BCUT2D eigenvalue weighted by Gasteiger charge is -2.20. The van der Waals surface area contributed by atoms with Crippen molar-refractivity contribution in [3.05, 3.63) is 59.9 Å². The van der Waals surface area contributed by atoms with Gasteiger partial charge in [0.05, 0.1) is 33.2 Å². The standard InChI is InChI=1S/C25H28N4O5S/c1-4-28(5-2)35(32,33)20-12-10-19(11-13-20)29-15-18(14-24(29)30)25(31)34-16-23-17(3)26-21-8-6-7-9-22(21)27-23/h6-13,18H,4-5,14-16H2,1-3H3/t18-/m1/s1. The molecule has 1 saturated heterocycles. The minimum Gasteiger partial charge on any atom is -0.459 e. The second-order valence-corrected chi connectivity index (χ2v) is 10.3. The summed E-state index contributed by atoms with van der Waals surface area (Å²) < 4.78 is 32.2. The molecule has 0 aliphatic carbocycles. The number of benzene rings is 2. The number of anilines is 1. The number of esters is 1. The van der Waals surface area contributed by atoms with E-state index >= 15 is 0 Å². The number of sulfonamides is 1. The van der Waals surface area contributed by atoms with E-state index in [2.05, 4.69) is 9.97 Å². The van der Waals surface area contributed by atoms with Gasteiger partial charge in [-0.1, -0.05) is 26.0 Å². The molecule has 1 aromatic heterocycles. The van der Waals surface area contributed by atoms with E-state index in [1.54, 1.807) is 26.0 Å². The predicted octanol–water partition coefficient (Wildman–Crippen LogP) is 3.07. The summed E-state index contributed by atoms with van der Waals surface area (Å²) in [5.74, 6) is -1.31. The van der Waals surface area contributed by atoms with Crippen molar-refractivity contribution in [3.8, 4) is 0 Å². The van der Waals surface area contributed by atoms with E-state index < -0.39 is 21.9 Å². The highest BCUT2D eigenvalue weighted by molar-refractivity contribution is 7.89. The highest BCUT2D eigenvalue weighted by atomic mass is 32.2. The molecule has 35 heavy (non-hydrogen) atoms. The van der Waals surface area contributed by atoms with Crippen molar-refractivity contribution in [1.29, 1.82) is 0 Å². The zero-order chi connectivity index (χ0) is 25.2. The van der Waals surface area contributed by atoms with E-state index in [4.69, 9.17) is 4.74 Å². The minimum absolute atomic E-state index is 0.0227. The monoisotopic (exact) mass is 496 g/mol. The Morgan fingerprint density at radius 1 is 1.06 bits per heavy atom. The minimum atomic E-state index is -3.59. The summed E-state index contributed by atoms with van der Waals surface area (Å²) in [4.78, 5) is 36.0. The molecule has 10 heteroatoms. The maximum atomic E-state index is 12.7. The second-order valence-electron chi connectivity index (χ2n) is 8.34. The molecule has 9 nitrogen and oxygen atoms in total. The summed E-state index contributed by atoms with van der Waals surface area (Å²) in [5.41, 5.74) is 3.29. The van der Waals surface area contributed by atoms with Crippen molar-refractivity contribution in [2.75, 3.05) is 24.5 Å². The van der Waals surface area contributed by atoms with Crippen LogP contribution in [0.1, 0.15) is 31.7 Å². The number of hydrogen-bond acceptors (Lipinski definition) is 7. The Labute approximate surface area is 204 Å². The van der Waals surface area contributed by atoms with Crippen molar-refractivity contribution >= 4 is 38.6 Å². The van der Waals surface area contributed by atoms with Crippen molar-refractivity contribution in [2.24, 2.45) is 5.92 Å². The van der Waals surface area contributed by atoms with Crippen LogP contribution in [0.2, 0.25) is 0 Å². The zero-order valence-electron chi connectivity index (χ0n) is 20.0. The first-order valence-electron chi connectivity index (χ1n) is 11.5. The molecule has 2 heterocycles. The van der Waals surface area contributed by atoms with Gasteiger partial charge >= 0.3 is 5.97 Å². The number of carbonyl (C=O) groups is 2. The molecule has 2 aromatic carbocycles. The van der Waals surface area contributed by atoms with Gasteiger partial charge in [-0.3, -0.25) is 9.59 Å². The van der Waals surface area contributed by atoms with E-state index in [9.17, 15) is 18.0 Å². The molecule has 1 amide bonds. The number of fused-ring (bicyclic) bond motifs is 1. The molecule has 4 rings (SSSR count). The van der Waals surface area contributed by atoms with Crippen LogP contribution >= 0.6 is 0 Å². The Morgan fingerprint density at radius 3 is 2.31 bits per heavy atom. The SMILES string of the molecule is CCN(CC)S(=O)(=O)c1ccc(N2C[C@H](C(=O)OCc3nc4ccccc4nc3C)CC2=O)cc1. The number of aryl methyl sites for hydroxylation is 1. The largest absolute Gasteiger partial charge is 0.459 e. The Bertz CT molecular complexity index is 1350. The Morgan fingerprint density at radius 2 is 1.69 bits per heavy atom. The summed E-state index contributed by atoms with van der Waals surface area (Å²) in [6.07, 6.45) is 0.0285. The number of rotatable bonds is 8. The van der Waals surface area contributed by atoms with E-state index in [1.807, 2.05) is 31.2 Å². The molecule has 0 unspecified atom stereocenters. The third kappa shape index (κ3) is 5.03. The fraction of sp³-hybridized carbons (Fsp3) is 0.360. The number of carbonyl (C=O) groups excluding carboxylic acids is 2. The zero-order valence-corrected chi connectivity index (χ0v) is 20.8. The summed E-state index contributed by atoms with van der Waals surface area (Å²) in [5, 5.41) is 0. The molecular weight excluding hydrogens is 468 g/mol. The smallest absolute Gasteiger partial charge is 0.311 e. The van der Waals surface area contributed by atoms with Gasteiger partial charge in [-0.25, -0.2) is 18.4 Å². The number of hydrogen-bond donors (Lipinski definition) is 0. The van der Waals surface area contributed by atoms with Crippen LogP contribution < -0.4 is 4.90 Å². The molecule has 0 spiro atoms. The first-order chi connectivity index (χ1) is 16.7. The van der Waals surface area contributed by atoms with Crippen LogP contribution in [0.15, 0.2) is 53.4 Å². The number of ether oxygens (including phenoxy) is 1. The van der Waals surface area contributed by atoms with Crippen LogP contribution in [-0.4, -0.2) is 54.2 Å². The van der Waals surface area contributed by atoms with Gasteiger partial charge in [0, 0.05) is 31.7 Å². The van der Waals surface area contributed by atoms with E-state index in [1.165, 1.54) is 21.3 Å².